The zero-order valence-electron chi connectivity index (χ0n) is 12.8. The van der Waals surface area contributed by atoms with Gasteiger partial charge in [-0.25, -0.2) is 0 Å². The fourth-order valence-corrected chi connectivity index (χ4v) is 2.03. The second-order valence-electron chi connectivity index (χ2n) is 5.08. The Kier molecular flexibility index (Phi) is 13.2. The maximum atomic E-state index is 6.03. The second kappa shape index (κ2) is 13.3. The normalized spacial score (nSPS) is 14.7. The average Bonchev–Trinajstić information content (AvgIpc) is 2.35. The quantitative estimate of drug-likeness (QED) is 0.514. The predicted octanol–water partition coefficient (Wildman–Crippen LogP) is 3.38. The van der Waals surface area contributed by atoms with Crippen LogP contribution in [0.1, 0.15) is 59.3 Å². The highest BCUT2D eigenvalue weighted by Gasteiger charge is 2.12. The molecule has 2 atom stereocenters. The summed E-state index contributed by atoms with van der Waals surface area (Å²) in [6.07, 6.45) is 8.08. The van der Waals surface area contributed by atoms with Crippen molar-refractivity contribution in [2.75, 3.05) is 26.8 Å². The number of unbranched alkanes of at least 4 members (excludes halogenated alkanes) is 3. The van der Waals surface area contributed by atoms with Crippen molar-refractivity contribution in [3.8, 4) is 0 Å². The smallest absolute Gasteiger partial charge is 0.0935 e. The largest absolute Gasteiger partial charge is 0.382 e. The number of rotatable bonds is 13. The first kappa shape index (κ1) is 17.9. The van der Waals surface area contributed by atoms with E-state index in [2.05, 4.69) is 26.1 Å². The summed E-state index contributed by atoms with van der Waals surface area (Å²) in [7, 11) is 1.74. The summed E-state index contributed by atoms with van der Waals surface area (Å²) in [4.78, 5) is 0. The van der Waals surface area contributed by atoms with Gasteiger partial charge in [0.25, 0.3) is 0 Å². The van der Waals surface area contributed by atoms with Gasteiger partial charge in [-0.05, 0) is 26.3 Å². The van der Waals surface area contributed by atoms with E-state index in [0.29, 0.717) is 12.7 Å². The lowest BCUT2D eigenvalue weighted by Crippen LogP contribution is -2.35. The SMILES string of the molecule is CCCCCCC(C)OC(CNCCC)COC. The van der Waals surface area contributed by atoms with Crippen LogP contribution in [0.4, 0.5) is 0 Å². The number of hydrogen-bond donors (Lipinski definition) is 1. The van der Waals surface area contributed by atoms with Crippen molar-refractivity contribution in [2.45, 2.75) is 71.5 Å². The van der Waals surface area contributed by atoms with Crippen molar-refractivity contribution in [1.82, 2.24) is 5.32 Å². The Labute approximate surface area is 114 Å². The van der Waals surface area contributed by atoms with Gasteiger partial charge in [0.2, 0.25) is 0 Å². The molecule has 0 saturated heterocycles. The third-order valence-corrected chi connectivity index (χ3v) is 3.04. The molecule has 0 aromatic carbocycles. The Morgan fingerprint density at radius 1 is 1.06 bits per heavy atom. The molecule has 0 bridgehead atoms. The van der Waals surface area contributed by atoms with Gasteiger partial charge < -0.3 is 14.8 Å². The zero-order chi connectivity index (χ0) is 13.6. The number of ether oxygens (including phenoxy) is 2. The molecule has 2 unspecified atom stereocenters. The molecule has 0 rings (SSSR count). The molecule has 110 valence electrons. The highest BCUT2D eigenvalue weighted by atomic mass is 16.5. The van der Waals surface area contributed by atoms with Gasteiger partial charge in [-0.1, -0.05) is 39.5 Å². The van der Waals surface area contributed by atoms with Crippen molar-refractivity contribution >= 4 is 0 Å². The van der Waals surface area contributed by atoms with Gasteiger partial charge in [0.15, 0.2) is 0 Å². The van der Waals surface area contributed by atoms with Crippen LogP contribution < -0.4 is 5.32 Å². The second-order valence-corrected chi connectivity index (χ2v) is 5.08. The lowest BCUT2D eigenvalue weighted by atomic mass is 10.1. The first-order valence-electron chi connectivity index (χ1n) is 7.59. The molecular weight excluding hydrogens is 226 g/mol. The van der Waals surface area contributed by atoms with Crippen molar-refractivity contribution < 1.29 is 9.47 Å². The number of nitrogens with one attached hydrogen (secondary N) is 1. The molecule has 0 saturated carbocycles. The molecule has 1 N–H and O–H groups in total. The Bertz CT molecular complexity index is 165. The Morgan fingerprint density at radius 3 is 2.44 bits per heavy atom. The predicted molar refractivity (Wildman–Crippen MR) is 78.1 cm³/mol. The fraction of sp³-hybridized carbons (Fsp3) is 1.00. The van der Waals surface area contributed by atoms with E-state index in [-0.39, 0.29) is 6.10 Å². The lowest BCUT2D eigenvalue weighted by Gasteiger charge is -2.22. The molecule has 0 aliphatic heterocycles. The molecular formula is C15H33NO2. The maximum absolute atomic E-state index is 6.03. The summed E-state index contributed by atoms with van der Waals surface area (Å²) in [5.74, 6) is 0. The minimum Gasteiger partial charge on any atom is -0.382 e. The van der Waals surface area contributed by atoms with Crippen LogP contribution in [-0.2, 0) is 9.47 Å². The molecule has 0 aromatic heterocycles. The van der Waals surface area contributed by atoms with E-state index in [4.69, 9.17) is 9.47 Å². The summed E-state index contributed by atoms with van der Waals surface area (Å²) < 4.78 is 11.2. The molecule has 0 aliphatic rings. The van der Waals surface area contributed by atoms with Crippen LogP contribution in [0.2, 0.25) is 0 Å². The highest BCUT2D eigenvalue weighted by Crippen LogP contribution is 2.10. The van der Waals surface area contributed by atoms with Crippen LogP contribution in [0.3, 0.4) is 0 Å². The maximum Gasteiger partial charge on any atom is 0.0935 e. The molecule has 0 radical (unpaired) electrons. The van der Waals surface area contributed by atoms with E-state index >= 15 is 0 Å². The van der Waals surface area contributed by atoms with Crippen LogP contribution in [-0.4, -0.2) is 39.0 Å². The van der Waals surface area contributed by atoms with Crippen LogP contribution in [0.15, 0.2) is 0 Å². The Balaban J connectivity index is 3.69. The van der Waals surface area contributed by atoms with Gasteiger partial charge in [-0.15, -0.1) is 0 Å². The van der Waals surface area contributed by atoms with Crippen molar-refractivity contribution in [2.24, 2.45) is 0 Å². The molecule has 3 heteroatoms. The molecule has 3 nitrogen and oxygen atoms in total. The third kappa shape index (κ3) is 11.0. The molecule has 0 spiro atoms. The molecule has 18 heavy (non-hydrogen) atoms. The summed E-state index contributed by atoms with van der Waals surface area (Å²) in [6.45, 7) is 9.21. The summed E-state index contributed by atoms with van der Waals surface area (Å²) >= 11 is 0. The fourth-order valence-electron chi connectivity index (χ4n) is 2.03. The molecule has 0 heterocycles. The van der Waals surface area contributed by atoms with Gasteiger partial charge in [-0.2, -0.15) is 0 Å². The van der Waals surface area contributed by atoms with Gasteiger partial charge in [0.1, 0.15) is 0 Å². The van der Waals surface area contributed by atoms with E-state index in [0.717, 1.165) is 25.9 Å². The molecule has 0 fully saturated rings. The number of hydrogen-bond acceptors (Lipinski definition) is 3. The monoisotopic (exact) mass is 259 g/mol. The van der Waals surface area contributed by atoms with E-state index in [1.54, 1.807) is 7.11 Å². The van der Waals surface area contributed by atoms with Gasteiger partial charge in [0, 0.05) is 13.7 Å². The van der Waals surface area contributed by atoms with Crippen molar-refractivity contribution in [3.63, 3.8) is 0 Å². The van der Waals surface area contributed by atoms with Crippen LogP contribution >= 0.6 is 0 Å². The van der Waals surface area contributed by atoms with Crippen molar-refractivity contribution in [1.29, 1.82) is 0 Å². The lowest BCUT2D eigenvalue weighted by molar-refractivity contribution is -0.0429. The molecule has 0 aliphatic carbocycles. The highest BCUT2D eigenvalue weighted by molar-refractivity contribution is 4.64. The van der Waals surface area contributed by atoms with E-state index < -0.39 is 0 Å². The Morgan fingerprint density at radius 2 is 1.83 bits per heavy atom. The van der Waals surface area contributed by atoms with Gasteiger partial charge in [-0.3, -0.25) is 0 Å². The van der Waals surface area contributed by atoms with E-state index in [1.165, 1.54) is 25.7 Å². The first-order chi connectivity index (χ1) is 8.74. The average molecular weight is 259 g/mol. The van der Waals surface area contributed by atoms with Gasteiger partial charge in [0.05, 0.1) is 18.8 Å². The van der Waals surface area contributed by atoms with Gasteiger partial charge >= 0.3 is 0 Å². The minimum absolute atomic E-state index is 0.183. The topological polar surface area (TPSA) is 30.5 Å². The number of methoxy groups -OCH3 is 1. The van der Waals surface area contributed by atoms with Crippen LogP contribution in [0, 0.1) is 0 Å². The summed E-state index contributed by atoms with van der Waals surface area (Å²) in [5, 5.41) is 3.40. The van der Waals surface area contributed by atoms with Crippen LogP contribution in [0.5, 0.6) is 0 Å². The summed E-state index contributed by atoms with van der Waals surface area (Å²) in [5.41, 5.74) is 0. The first-order valence-corrected chi connectivity index (χ1v) is 7.59. The molecule has 0 aromatic rings. The zero-order valence-corrected chi connectivity index (χ0v) is 12.8. The van der Waals surface area contributed by atoms with E-state index in [1.807, 2.05) is 0 Å². The minimum atomic E-state index is 0.183. The standard InChI is InChI=1S/C15H33NO2/c1-5-7-8-9-10-14(3)18-15(13-17-4)12-16-11-6-2/h14-16H,5-13H2,1-4H3. The van der Waals surface area contributed by atoms with Crippen molar-refractivity contribution in [3.05, 3.63) is 0 Å². The Hall–Kier alpha value is -0.120. The van der Waals surface area contributed by atoms with E-state index in [9.17, 15) is 0 Å². The third-order valence-electron chi connectivity index (χ3n) is 3.04. The summed E-state index contributed by atoms with van der Waals surface area (Å²) in [6, 6.07) is 0. The van der Waals surface area contributed by atoms with Crippen LogP contribution in [0.25, 0.3) is 0 Å². The molecule has 0 amide bonds.